The van der Waals surface area contributed by atoms with Gasteiger partial charge >= 0.3 is 0 Å². The monoisotopic (exact) mass is 265 g/mol. The van der Waals surface area contributed by atoms with Crippen LogP contribution in [-0.4, -0.2) is 47.5 Å². The summed E-state index contributed by atoms with van der Waals surface area (Å²) in [6, 6.07) is 0.390. The SMILES string of the molecule is CN(C)c1nc(N)nc(NCCC(=O)NC2CC2)n1. The Hall–Kier alpha value is -2.12. The van der Waals surface area contributed by atoms with Gasteiger partial charge in [0, 0.05) is 33.1 Å². The van der Waals surface area contributed by atoms with Crippen molar-refractivity contribution in [3.05, 3.63) is 0 Å². The minimum Gasteiger partial charge on any atom is -0.368 e. The van der Waals surface area contributed by atoms with E-state index in [2.05, 4.69) is 25.6 Å². The molecule has 0 radical (unpaired) electrons. The highest BCUT2D eigenvalue weighted by atomic mass is 16.1. The molecule has 1 aliphatic rings. The van der Waals surface area contributed by atoms with Crippen LogP contribution in [0, 0.1) is 0 Å². The lowest BCUT2D eigenvalue weighted by molar-refractivity contribution is -0.120. The lowest BCUT2D eigenvalue weighted by atomic mass is 10.4. The molecule has 19 heavy (non-hydrogen) atoms. The number of carbonyl (C=O) groups excluding carboxylic acids is 1. The number of nitrogens with two attached hydrogens (primary N) is 1. The molecule has 1 aliphatic carbocycles. The van der Waals surface area contributed by atoms with Crippen molar-refractivity contribution in [2.24, 2.45) is 0 Å². The zero-order valence-electron chi connectivity index (χ0n) is 11.2. The van der Waals surface area contributed by atoms with Gasteiger partial charge in [-0.1, -0.05) is 0 Å². The van der Waals surface area contributed by atoms with Crippen molar-refractivity contribution in [3.63, 3.8) is 0 Å². The van der Waals surface area contributed by atoms with E-state index in [1.165, 1.54) is 0 Å². The number of carbonyl (C=O) groups is 1. The van der Waals surface area contributed by atoms with Crippen molar-refractivity contribution in [3.8, 4) is 0 Å². The van der Waals surface area contributed by atoms with Crippen molar-refractivity contribution in [2.75, 3.05) is 36.6 Å². The van der Waals surface area contributed by atoms with Crippen LogP contribution in [0.2, 0.25) is 0 Å². The van der Waals surface area contributed by atoms with Crippen LogP contribution in [-0.2, 0) is 4.79 Å². The number of aromatic nitrogens is 3. The second kappa shape index (κ2) is 5.68. The Bertz CT molecular complexity index is 458. The standard InChI is InChI=1S/C11H19N7O/c1-18(2)11-16-9(12)15-10(17-11)13-6-5-8(19)14-7-3-4-7/h7H,3-6H2,1-2H3,(H,14,19)(H3,12,13,15,16,17). The zero-order valence-corrected chi connectivity index (χ0v) is 11.2. The fourth-order valence-corrected chi connectivity index (χ4v) is 1.48. The predicted octanol–water partition coefficient (Wildman–Crippen LogP) is -0.400. The topological polar surface area (TPSA) is 109 Å². The Morgan fingerprint density at radius 3 is 2.74 bits per heavy atom. The molecule has 1 aromatic heterocycles. The van der Waals surface area contributed by atoms with Gasteiger partial charge in [-0.2, -0.15) is 15.0 Å². The third-order valence-corrected chi connectivity index (χ3v) is 2.62. The molecule has 1 saturated carbocycles. The van der Waals surface area contributed by atoms with E-state index in [4.69, 9.17) is 5.73 Å². The maximum atomic E-state index is 11.5. The van der Waals surface area contributed by atoms with Gasteiger partial charge < -0.3 is 21.3 Å². The number of hydrogen-bond donors (Lipinski definition) is 3. The molecular formula is C11H19N7O. The summed E-state index contributed by atoms with van der Waals surface area (Å²) in [6.45, 7) is 0.467. The lowest BCUT2D eigenvalue weighted by Crippen LogP contribution is -2.27. The van der Waals surface area contributed by atoms with E-state index >= 15 is 0 Å². The maximum Gasteiger partial charge on any atom is 0.231 e. The highest BCUT2D eigenvalue weighted by molar-refractivity contribution is 5.77. The second-order valence-electron chi connectivity index (χ2n) is 4.73. The molecular weight excluding hydrogens is 246 g/mol. The Balaban J connectivity index is 1.82. The Labute approximate surface area is 111 Å². The zero-order chi connectivity index (χ0) is 13.8. The molecule has 0 spiro atoms. The summed E-state index contributed by atoms with van der Waals surface area (Å²) in [4.78, 5) is 25.4. The van der Waals surface area contributed by atoms with Crippen LogP contribution in [0.3, 0.4) is 0 Å². The first-order valence-corrected chi connectivity index (χ1v) is 6.26. The van der Waals surface area contributed by atoms with E-state index in [1.54, 1.807) is 4.90 Å². The van der Waals surface area contributed by atoms with Crippen molar-refractivity contribution >= 4 is 23.8 Å². The fourth-order valence-electron chi connectivity index (χ4n) is 1.48. The smallest absolute Gasteiger partial charge is 0.231 e. The number of anilines is 3. The molecule has 1 heterocycles. The van der Waals surface area contributed by atoms with Gasteiger partial charge in [0.2, 0.25) is 23.8 Å². The van der Waals surface area contributed by atoms with Crippen LogP contribution >= 0.6 is 0 Å². The van der Waals surface area contributed by atoms with Crippen LogP contribution in [0.25, 0.3) is 0 Å². The lowest BCUT2D eigenvalue weighted by Gasteiger charge is -2.12. The molecule has 0 bridgehead atoms. The molecule has 0 unspecified atom stereocenters. The van der Waals surface area contributed by atoms with E-state index < -0.39 is 0 Å². The molecule has 8 heteroatoms. The minimum absolute atomic E-state index is 0.0462. The van der Waals surface area contributed by atoms with Crippen molar-refractivity contribution in [1.29, 1.82) is 0 Å². The number of nitrogen functional groups attached to an aromatic ring is 1. The number of amides is 1. The number of rotatable bonds is 6. The normalized spacial score (nSPS) is 14.0. The van der Waals surface area contributed by atoms with Gasteiger partial charge in [0.15, 0.2) is 0 Å². The highest BCUT2D eigenvalue weighted by Gasteiger charge is 2.22. The first kappa shape index (κ1) is 13.3. The molecule has 0 aromatic carbocycles. The van der Waals surface area contributed by atoms with E-state index in [9.17, 15) is 4.79 Å². The quantitative estimate of drug-likeness (QED) is 0.642. The first-order chi connectivity index (χ1) is 9.04. The maximum absolute atomic E-state index is 11.5. The summed E-state index contributed by atoms with van der Waals surface area (Å²) in [5, 5.41) is 5.89. The van der Waals surface area contributed by atoms with Crippen molar-refractivity contribution in [1.82, 2.24) is 20.3 Å². The summed E-state index contributed by atoms with van der Waals surface area (Å²) in [5.74, 6) is 1.07. The van der Waals surface area contributed by atoms with Crippen molar-refractivity contribution in [2.45, 2.75) is 25.3 Å². The molecule has 8 nitrogen and oxygen atoms in total. The first-order valence-electron chi connectivity index (χ1n) is 6.26. The van der Waals surface area contributed by atoms with Crippen molar-refractivity contribution < 1.29 is 4.79 Å². The van der Waals surface area contributed by atoms with Gasteiger partial charge in [-0.15, -0.1) is 0 Å². The molecule has 0 atom stereocenters. The second-order valence-corrected chi connectivity index (χ2v) is 4.73. The Morgan fingerprint density at radius 2 is 2.11 bits per heavy atom. The number of nitrogens with zero attached hydrogens (tertiary/aromatic N) is 4. The van der Waals surface area contributed by atoms with Gasteiger partial charge in [-0.05, 0) is 12.8 Å². The minimum atomic E-state index is 0.0462. The third kappa shape index (κ3) is 4.23. The van der Waals surface area contributed by atoms with Gasteiger partial charge in [0.1, 0.15) is 0 Å². The summed E-state index contributed by atoms with van der Waals surface area (Å²) in [5.41, 5.74) is 5.59. The molecule has 4 N–H and O–H groups in total. The Morgan fingerprint density at radius 1 is 1.37 bits per heavy atom. The van der Waals surface area contributed by atoms with E-state index in [1.807, 2.05) is 14.1 Å². The van der Waals surface area contributed by atoms with Gasteiger partial charge in [-0.3, -0.25) is 4.79 Å². The number of hydrogen-bond acceptors (Lipinski definition) is 7. The Kier molecular flexibility index (Phi) is 3.98. The van der Waals surface area contributed by atoms with Crippen LogP contribution < -0.4 is 21.3 Å². The van der Waals surface area contributed by atoms with Crippen LogP contribution in [0.1, 0.15) is 19.3 Å². The molecule has 1 amide bonds. The molecule has 1 aromatic rings. The van der Waals surface area contributed by atoms with Crippen LogP contribution in [0.15, 0.2) is 0 Å². The summed E-state index contributed by atoms with van der Waals surface area (Å²) < 4.78 is 0. The van der Waals surface area contributed by atoms with Gasteiger partial charge in [0.25, 0.3) is 0 Å². The molecule has 104 valence electrons. The molecule has 0 saturated heterocycles. The van der Waals surface area contributed by atoms with Gasteiger partial charge in [0.05, 0.1) is 0 Å². The third-order valence-electron chi connectivity index (χ3n) is 2.62. The molecule has 2 rings (SSSR count). The summed E-state index contributed by atoms with van der Waals surface area (Å²) in [6.07, 6.45) is 2.57. The van der Waals surface area contributed by atoms with E-state index in [0.29, 0.717) is 30.9 Å². The largest absolute Gasteiger partial charge is 0.368 e. The highest BCUT2D eigenvalue weighted by Crippen LogP contribution is 2.18. The summed E-state index contributed by atoms with van der Waals surface area (Å²) >= 11 is 0. The predicted molar refractivity (Wildman–Crippen MR) is 72.8 cm³/mol. The van der Waals surface area contributed by atoms with E-state index in [0.717, 1.165) is 12.8 Å². The average Bonchev–Trinajstić information content (AvgIpc) is 3.12. The van der Waals surface area contributed by atoms with Gasteiger partial charge in [-0.25, -0.2) is 0 Å². The molecule has 1 fully saturated rings. The van der Waals surface area contributed by atoms with Crippen LogP contribution in [0.4, 0.5) is 17.8 Å². The molecule has 0 aliphatic heterocycles. The fraction of sp³-hybridized carbons (Fsp3) is 0.636. The average molecular weight is 265 g/mol. The number of nitrogens with one attached hydrogen (secondary N) is 2. The van der Waals surface area contributed by atoms with Crippen LogP contribution in [0.5, 0.6) is 0 Å². The summed E-state index contributed by atoms with van der Waals surface area (Å²) in [7, 11) is 3.64. The van der Waals surface area contributed by atoms with E-state index in [-0.39, 0.29) is 11.9 Å².